The largest absolute Gasteiger partial charge is 0.491 e. The summed E-state index contributed by atoms with van der Waals surface area (Å²) < 4.78 is 7.96. The van der Waals surface area contributed by atoms with Crippen molar-refractivity contribution in [2.24, 2.45) is 7.05 Å². The average molecular weight is 385 g/mol. The third-order valence-corrected chi connectivity index (χ3v) is 5.94. The number of nitrogens with zero attached hydrogens (tertiary/aromatic N) is 3. The molecule has 6 nitrogen and oxygen atoms in total. The van der Waals surface area contributed by atoms with Gasteiger partial charge in [-0.3, -0.25) is 4.90 Å². The molecule has 6 heteroatoms. The number of imidazole rings is 1. The highest BCUT2D eigenvalue weighted by Crippen LogP contribution is 2.20. The van der Waals surface area contributed by atoms with Gasteiger partial charge >= 0.3 is 0 Å². The molecule has 1 aliphatic heterocycles. The topological polar surface area (TPSA) is 62.6 Å². The maximum atomic E-state index is 10.4. The monoisotopic (exact) mass is 384 g/mol. The lowest BCUT2D eigenvalue weighted by molar-refractivity contribution is 0.0628. The van der Waals surface area contributed by atoms with Crippen LogP contribution in [0.25, 0.3) is 0 Å². The number of aliphatic hydroxyl groups excluding tert-OH is 1. The molecule has 0 bridgehead atoms. The highest BCUT2D eigenvalue weighted by molar-refractivity contribution is 5.28. The molecule has 28 heavy (non-hydrogen) atoms. The van der Waals surface area contributed by atoms with Crippen LogP contribution in [0.5, 0.6) is 5.75 Å². The smallest absolute Gasteiger partial charge is 0.119 e. The van der Waals surface area contributed by atoms with Gasteiger partial charge in [-0.05, 0) is 30.5 Å². The number of ether oxygens (including phenoxy) is 1. The van der Waals surface area contributed by atoms with Crippen LogP contribution in [0.15, 0.2) is 30.6 Å². The second-order valence-corrected chi connectivity index (χ2v) is 8.21. The predicted octanol–water partition coefficient (Wildman–Crippen LogP) is 2.25. The fraction of sp³-hybridized carbons (Fsp3) is 0.591. The number of hydrogen-bond acceptors (Lipinski definition) is 5. The molecule has 2 heterocycles. The molecule has 0 radical (unpaired) electrons. The Hall–Kier alpha value is -1.89. The molecule has 2 aromatic rings. The van der Waals surface area contributed by atoms with E-state index < -0.39 is 6.10 Å². The van der Waals surface area contributed by atoms with E-state index in [1.165, 1.54) is 42.6 Å². The van der Waals surface area contributed by atoms with Gasteiger partial charge in [-0.1, -0.05) is 25.0 Å². The summed E-state index contributed by atoms with van der Waals surface area (Å²) in [5, 5.41) is 14.1. The van der Waals surface area contributed by atoms with Gasteiger partial charge in [0.25, 0.3) is 0 Å². The minimum Gasteiger partial charge on any atom is -0.491 e. The van der Waals surface area contributed by atoms with Crippen molar-refractivity contribution in [3.05, 3.63) is 47.5 Å². The lowest BCUT2D eigenvalue weighted by atomic mass is 10.1. The van der Waals surface area contributed by atoms with Crippen LogP contribution in [0.3, 0.4) is 0 Å². The molecule has 152 valence electrons. The lowest BCUT2D eigenvalue weighted by Crippen LogP contribution is -2.39. The van der Waals surface area contributed by atoms with E-state index in [2.05, 4.69) is 31.9 Å². The second kappa shape index (κ2) is 9.07. The fourth-order valence-electron chi connectivity index (χ4n) is 4.31. The zero-order valence-electron chi connectivity index (χ0n) is 16.8. The van der Waals surface area contributed by atoms with Crippen LogP contribution >= 0.6 is 0 Å². The van der Waals surface area contributed by atoms with Crippen LogP contribution in [0.1, 0.15) is 42.6 Å². The number of aliphatic hydroxyl groups is 1. The van der Waals surface area contributed by atoms with E-state index in [1.807, 2.05) is 25.5 Å². The number of fused-ring (bicyclic) bond motifs is 1. The molecule has 1 aromatic heterocycles. The van der Waals surface area contributed by atoms with Crippen molar-refractivity contribution in [2.45, 2.75) is 57.3 Å². The first kappa shape index (κ1) is 19.4. The Morgan fingerprint density at radius 1 is 1.32 bits per heavy atom. The number of aryl methyl sites for hydroxylation is 1. The molecule has 0 saturated heterocycles. The van der Waals surface area contributed by atoms with Crippen LogP contribution in [-0.2, 0) is 26.6 Å². The van der Waals surface area contributed by atoms with Gasteiger partial charge in [0.2, 0.25) is 0 Å². The van der Waals surface area contributed by atoms with E-state index in [0.29, 0.717) is 19.2 Å². The number of hydrogen-bond donors (Lipinski definition) is 2. The quantitative estimate of drug-likeness (QED) is 0.731. The van der Waals surface area contributed by atoms with Crippen molar-refractivity contribution in [1.29, 1.82) is 0 Å². The maximum absolute atomic E-state index is 10.4. The second-order valence-electron chi connectivity index (χ2n) is 8.21. The van der Waals surface area contributed by atoms with Crippen molar-refractivity contribution in [3.63, 3.8) is 0 Å². The van der Waals surface area contributed by atoms with Crippen molar-refractivity contribution >= 4 is 0 Å². The van der Waals surface area contributed by atoms with E-state index in [-0.39, 0.29) is 0 Å². The minimum absolute atomic E-state index is 0.314. The first-order valence-electron chi connectivity index (χ1n) is 10.5. The number of rotatable bonds is 8. The Balaban J connectivity index is 1.23. The lowest BCUT2D eigenvalue weighted by Gasteiger charge is -2.28. The molecule has 1 aliphatic carbocycles. The molecule has 2 N–H and O–H groups in total. The Bertz CT molecular complexity index is 770. The summed E-state index contributed by atoms with van der Waals surface area (Å²) in [6.45, 7) is 3.58. The molecule has 1 atom stereocenters. The molecule has 1 fully saturated rings. The number of benzene rings is 1. The Morgan fingerprint density at radius 2 is 2.18 bits per heavy atom. The van der Waals surface area contributed by atoms with E-state index >= 15 is 0 Å². The molecule has 1 saturated carbocycles. The van der Waals surface area contributed by atoms with Gasteiger partial charge in [-0.2, -0.15) is 0 Å². The van der Waals surface area contributed by atoms with Crippen LogP contribution in [0.2, 0.25) is 0 Å². The first-order valence-corrected chi connectivity index (χ1v) is 10.5. The van der Waals surface area contributed by atoms with Crippen LogP contribution in [0, 0.1) is 0 Å². The summed E-state index contributed by atoms with van der Waals surface area (Å²) in [6, 6.07) is 8.87. The summed E-state index contributed by atoms with van der Waals surface area (Å²) in [5.41, 5.74) is 3.67. The fourth-order valence-corrected chi connectivity index (χ4v) is 4.31. The molecule has 2 aliphatic rings. The number of β-amino-alcohol motifs (C(OH)–C–C–N with tert-alkyl or cyclic N) is 1. The van der Waals surface area contributed by atoms with Gasteiger partial charge in [0, 0.05) is 45.7 Å². The van der Waals surface area contributed by atoms with E-state index in [0.717, 1.165) is 31.8 Å². The van der Waals surface area contributed by atoms with Crippen LogP contribution in [0.4, 0.5) is 0 Å². The molecule has 0 amide bonds. The van der Waals surface area contributed by atoms with Gasteiger partial charge in [0.05, 0.1) is 17.7 Å². The average Bonchev–Trinajstić information content (AvgIpc) is 3.35. The maximum Gasteiger partial charge on any atom is 0.119 e. The van der Waals surface area contributed by atoms with Crippen LogP contribution < -0.4 is 10.1 Å². The zero-order valence-corrected chi connectivity index (χ0v) is 16.8. The predicted molar refractivity (Wildman–Crippen MR) is 109 cm³/mol. The molecule has 1 aromatic carbocycles. The highest BCUT2D eigenvalue weighted by atomic mass is 16.5. The third kappa shape index (κ3) is 4.93. The van der Waals surface area contributed by atoms with Gasteiger partial charge in [-0.25, -0.2) is 4.98 Å². The van der Waals surface area contributed by atoms with Gasteiger partial charge in [0.1, 0.15) is 18.5 Å². The molecular formula is C22H32N4O2. The molecule has 4 rings (SSSR count). The molecule has 0 unspecified atom stereocenters. The van der Waals surface area contributed by atoms with E-state index in [4.69, 9.17) is 4.74 Å². The summed E-state index contributed by atoms with van der Waals surface area (Å²) in [5.74, 6) is 0.831. The van der Waals surface area contributed by atoms with Gasteiger partial charge in [0.15, 0.2) is 0 Å². The summed E-state index contributed by atoms with van der Waals surface area (Å²) in [4.78, 5) is 6.72. The van der Waals surface area contributed by atoms with E-state index in [9.17, 15) is 5.11 Å². The molecule has 0 spiro atoms. The standard InChI is InChI=1S/C22H32N4O2/c1-25-16-24-21-9-10-26(14-22(21)25)13-19(27)15-28-20-8-4-5-17(11-20)12-23-18-6-2-3-7-18/h4-5,8,11,16,18-19,23,27H,2-3,6-7,9-10,12-15H2,1H3/t19-/m0/s1. The van der Waals surface area contributed by atoms with E-state index in [1.54, 1.807) is 0 Å². The Kier molecular flexibility index (Phi) is 6.29. The van der Waals surface area contributed by atoms with Crippen molar-refractivity contribution in [3.8, 4) is 5.75 Å². The normalized spacial score (nSPS) is 18.9. The zero-order chi connectivity index (χ0) is 19.3. The number of aromatic nitrogens is 2. The Morgan fingerprint density at radius 3 is 3.04 bits per heavy atom. The summed E-state index contributed by atoms with van der Waals surface area (Å²) in [7, 11) is 2.03. The van der Waals surface area contributed by atoms with Crippen molar-refractivity contribution < 1.29 is 9.84 Å². The van der Waals surface area contributed by atoms with Crippen molar-refractivity contribution in [2.75, 3.05) is 19.7 Å². The Labute approximate surface area is 167 Å². The van der Waals surface area contributed by atoms with Gasteiger partial charge in [-0.15, -0.1) is 0 Å². The number of nitrogens with one attached hydrogen (secondary N) is 1. The summed E-state index contributed by atoms with van der Waals surface area (Å²) >= 11 is 0. The minimum atomic E-state index is -0.505. The third-order valence-electron chi connectivity index (χ3n) is 5.94. The van der Waals surface area contributed by atoms with Gasteiger partial charge < -0.3 is 19.7 Å². The molecular weight excluding hydrogens is 352 g/mol. The summed E-state index contributed by atoms with van der Waals surface area (Å²) in [6.07, 6.45) is 7.59. The SMILES string of the molecule is Cn1cnc2c1CN(C[C@H](O)COc1cccc(CNC3CCCC3)c1)CC2. The van der Waals surface area contributed by atoms with Crippen LogP contribution in [-0.4, -0.2) is 51.4 Å². The van der Waals surface area contributed by atoms with Crippen molar-refractivity contribution in [1.82, 2.24) is 19.8 Å². The first-order chi connectivity index (χ1) is 13.7. The highest BCUT2D eigenvalue weighted by Gasteiger charge is 2.22.